The topological polar surface area (TPSA) is 69.0 Å². The highest BCUT2D eigenvalue weighted by atomic mass is 79.9. The van der Waals surface area contributed by atoms with Crippen LogP contribution in [0.4, 0.5) is 13.2 Å². The zero-order valence-electron chi connectivity index (χ0n) is 16.2. The maximum Gasteiger partial charge on any atom is 0.422 e. The highest BCUT2D eigenvalue weighted by Gasteiger charge is 2.34. The molecule has 1 heterocycles. The lowest BCUT2D eigenvalue weighted by molar-refractivity contribution is -0.153. The Bertz CT molecular complexity index is 1080. The summed E-state index contributed by atoms with van der Waals surface area (Å²) >= 11 is 3.40. The Labute approximate surface area is 184 Å². The molecule has 1 aromatic heterocycles. The van der Waals surface area contributed by atoms with E-state index in [-0.39, 0.29) is 29.8 Å². The summed E-state index contributed by atoms with van der Waals surface area (Å²) in [6, 6.07) is 13.7. The first kappa shape index (κ1) is 21.4. The Kier molecular flexibility index (Phi) is 5.99. The van der Waals surface area contributed by atoms with Gasteiger partial charge in [0.2, 0.25) is 0 Å². The first-order chi connectivity index (χ1) is 14.8. The van der Waals surface area contributed by atoms with Crippen molar-refractivity contribution in [1.29, 1.82) is 0 Å². The molecule has 3 aromatic rings. The third kappa shape index (κ3) is 5.43. The number of ether oxygens (including phenoxy) is 1. The number of aromatic nitrogens is 3. The number of benzene rings is 2. The van der Waals surface area contributed by atoms with Crippen molar-refractivity contribution in [2.75, 3.05) is 6.61 Å². The van der Waals surface area contributed by atoms with Crippen LogP contribution < -0.4 is 10.1 Å². The molecule has 1 N–H and O–H groups in total. The molecule has 10 heteroatoms. The summed E-state index contributed by atoms with van der Waals surface area (Å²) in [6.45, 7) is -1.25. The van der Waals surface area contributed by atoms with E-state index in [2.05, 4.69) is 31.6 Å². The molecule has 1 aliphatic rings. The summed E-state index contributed by atoms with van der Waals surface area (Å²) in [6.07, 6.45) is -2.49. The number of hydrogen-bond donors (Lipinski definition) is 1. The molecule has 4 rings (SSSR count). The predicted octanol–water partition coefficient (Wildman–Crippen LogP) is 4.78. The van der Waals surface area contributed by atoms with E-state index in [9.17, 15) is 18.0 Å². The standard InChI is InChI=1S/C21H18BrF3N4O2/c22-15-6-8-16(9-7-15)29-19(14-4-5-14)18(27-28-29)20(30)26-11-13-2-1-3-17(10-13)31-12-21(23,24)25/h1-3,6-10,14H,4-5,11-12H2,(H,26,30). The van der Waals surface area contributed by atoms with Gasteiger partial charge in [-0.25, -0.2) is 4.68 Å². The first-order valence-electron chi connectivity index (χ1n) is 9.58. The molecule has 31 heavy (non-hydrogen) atoms. The fourth-order valence-corrected chi connectivity index (χ4v) is 3.39. The van der Waals surface area contributed by atoms with Crippen molar-refractivity contribution in [3.8, 4) is 11.4 Å². The zero-order chi connectivity index (χ0) is 22.0. The van der Waals surface area contributed by atoms with Crippen molar-refractivity contribution < 1.29 is 22.7 Å². The van der Waals surface area contributed by atoms with Gasteiger partial charge in [-0.15, -0.1) is 5.10 Å². The van der Waals surface area contributed by atoms with Crippen LogP contribution in [0.15, 0.2) is 53.0 Å². The van der Waals surface area contributed by atoms with Crippen LogP contribution in [0.25, 0.3) is 5.69 Å². The van der Waals surface area contributed by atoms with Gasteiger partial charge in [-0.2, -0.15) is 13.2 Å². The molecule has 1 fully saturated rings. The van der Waals surface area contributed by atoms with Crippen LogP contribution in [0, 0.1) is 0 Å². The molecule has 2 aromatic carbocycles. The number of rotatable bonds is 7. The second kappa shape index (κ2) is 8.70. The number of hydrogen-bond acceptors (Lipinski definition) is 4. The minimum Gasteiger partial charge on any atom is -0.484 e. The van der Waals surface area contributed by atoms with Gasteiger partial charge in [0.05, 0.1) is 11.4 Å². The average molecular weight is 495 g/mol. The van der Waals surface area contributed by atoms with Crippen molar-refractivity contribution in [2.24, 2.45) is 0 Å². The molecule has 0 spiro atoms. The van der Waals surface area contributed by atoms with E-state index in [4.69, 9.17) is 4.74 Å². The summed E-state index contributed by atoms with van der Waals surface area (Å²) in [5.74, 6) is -0.0747. The van der Waals surface area contributed by atoms with Crippen molar-refractivity contribution in [3.63, 3.8) is 0 Å². The third-order valence-electron chi connectivity index (χ3n) is 4.71. The van der Waals surface area contributed by atoms with Crippen LogP contribution in [0.1, 0.15) is 40.5 Å². The SMILES string of the molecule is O=C(NCc1cccc(OCC(F)(F)F)c1)c1nnn(-c2ccc(Br)cc2)c1C1CC1. The van der Waals surface area contributed by atoms with Gasteiger partial charge in [0.1, 0.15) is 5.75 Å². The monoisotopic (exact) mass is 494 g/mol. The van der Waals surface area contributed by atoms with Crippen LogP contribution in [-0.2, 0) is 6.54 Å². The predicted molar refractivity (Wildman–Crippen MR) is 110 cm³/mol. The zero-order valence-corrected chi connectivity index (χ0v) is 17.8. The summed E-state index contributed by atoms with van der Waals surface area (Å²) in [5, 5.41) is 11.1. The molecule has 0 unspecified atom stereocenters. The van der Waals surface area contributed by atoms with Crippen LogP contribution >= 0.6 is 15.9 Å². The molecule has 0 radical (unpaired) electrons. The van der Waals surface area contributed by atoms with Gasteiger partial charge >= 0.3 is 6.18 Å². The van der Waals surface area contributed by atoms with Crippen molar-refractivity contribution in [1.82, 2.24) is 20.3 Å². The molecule has 6 nitrogen and oxygen atoms in total. The fraction of sp³-hybridized carbons (Fsp3) is 0.286. The van der Waals surface area contributed by atoms with E-state index in [1.54, 1.807) is 16.8 Å². The van der Waals surface area contributed by atoms with E-state index in [0.717, 1.165) is 28.7 Å². The Morgan fingerprint density at radius 3 is 2.61 bits per heavy atom. The fourth-order valence-electron chi connectivity index (χ4n) is 3.12. The molecule has 162 valence electrons. The highest BCUT2D eigenvalue weighted by Crippen LogP contribution is 2.42. The largest absolute Gasteiger partial charge is 0.484 e. The summed E-state index contributed by atoms with van der Waals surface area (Å²) in [4.78, 5) is 12.8. The van der Waals surface area contributed by atoms with E-state index < -0.39 is 12.8 Å². The average Bonchev–Trinajstić information content (AvgIpc) is 3.49. The molecular formula is C21H18BrF3N4O2. The molecular weight excluding hydrogens is 477 g/mol. The quantitative estimate of drug-likeness (QED) is 0.513. The normalized spacial score (nSPS) is 13.8. The van der Waals surface area contributed by atoms with Crippen LogP contribution in [0.5, 0.6) is 5.75 Å². The smallest absolute Gasteiger partial charge is 0.422 e. The van der Waals surface area contributed by atoms with Gasteiger partial charge in [0, 0.05) is 16.9 Å². The van der Waals surface area contributed by atoms with Gasteiger partial charge in [0.25, 0.3) is 5.91 Å². The molecule has 1 amide bonds. The van der Waals surface area contributed by atoms with Gasteiger partial charge in [0.15, 0.2) is 12.3 Å². The number of halogens is 4. The number of alkyl halides is 3. The maximum atomic E-state index is 12.8. The van der Waals surface area contributed by atoms with E-state index in [0.29, 0.717) is 5.56 Å². The Hall–Kier alpha value is -2.88. The van der Waals surface area contributed by atoms with E-state index >= 15 is 0 Å². The second-order valence-corrected chi connectivity index (χ2v) is 8.14. The lowest BCUT2D eigenvalue weighted by Crippen LogP contribution is -2.24. The Morgan fingerprint density at radius 1 is 1.19 bits per heavy atom. The van der Waals surface area contributed by atoms with E-state index in [1.165, 1.54) is 12.1 Å². The number of nitrogens with one attached hydrogen (secondary N) is 1. The van der Waals surface area contributed by atoms with Crippen LogP contribution in [0.3, 0.4) is 0 Å². The third-order valence-corrected chi connectivity index (χ3v) is 5.24. The number of amides is 1. The van der Waals surface area contributed by atoms with Crippen molar-refractivity contribution in [2.45, 2.75) is 31.5 Å². The van der Waals surface area contributed by atoms with E-state index in [1.807, 2.05) is 24.3 Å². The minimum atomic E-state index is -4.41. The van der Waals surface area contributed by atoms with Crippen molar-refractivity contribution >= 4 is 21.8 Å². The highest BCUT2D eigenvalue weighted by molar-refractivity contribution is 9.10. The lowest BCUT2D eigenvalue weighted by Gasteiger charge is -2.11. The molecule has 1 saturated carbocycles. The van der Waals surface area contributed by atoms with Crippen molar-refractivity contribution in [3.05, 3.63) is 70.0 Å². The maximum absolute atomic E-state index is 12.8. The van der Waals surface area contributed by atoms with Crippen LogP contribution in [0.2, 0.25) is 0 Å². The minimum absolute atomic E-state index is 0.0870. The number of carbonyl (C=O) groups is 1. The van der Waals surface area contributed by atoms with Gasteiger partial charge < -0.3 is 10.1 Å². The van der Waals surface area contributed by atoms with Gasteiger partial charge in [-0.3, -0.25) is 4.79 Å². The Morgan fingerprint density at radius 2 is 1.94 bits per heavy atom. The second-order valence-electron chi connectivity index (χ2n) is 7.22. The molecule has 0 aliphatic heterocycles. The first-order valence-corrected chi connectivity index (χ1v) is 10.4. The lowest BCUT2D eigenvalue weighted by atomic mass is 10.2. The van der Waals surface area contributed by atoms with Crippen LogP contribution in [-0.4, -0.2) is 33.7 Å². The Balaban J connectivity index is 1.47. The summed E-state index contributed by atoms with van der Waals surface area (Å²) in [5.41, 5.74) is 2.45. The molecule has 1 aliphatic carbocycles. The molecule has 0 bridgehead atoms. The molecule has 0 atom stereocenters. The number of carbonyl (C=O) groups excluding carboxylic acids is 1. The molecule has 0 saturated heterocycles. The summed E-state index contributed by atoms with van der Waals surface area (Å²) < 4.78 is 44.4. The van der Waals surface area contributed by atoms with Gasteiger partial charge in [-0.1, -0.05) is 33.3 Å². The summed E-state index contributed by atoms with van der Waals surface area (Å²) in [7, 11) is 0. The van der Waals surface area contributed by atoms with Gasteiger partial charge in [-0.05, 0) is 54.8 Å². The number of nitrogens with zero attached hydrogens (tertiary/aromatic N) is 3.